The first-order valence-electron chi connectivity index (χ1n) is 6.05. The largest absolute Gasteiger partial charge is 0.469 e. The van der Waals surface area contributed by atoms with E-state index in [4.69, 9.17) is 11.6 Å². The summed E-state index contributed by atoms with van der Waals surface area (Å²) in [6, 6.07) is 4.00. The van der Waals surface area contributed by atoms with Crippen LogP contribution in [0.25, 0.3) is 0 Å². The quantitative estimate of drug-likeness (QED) is 0.472. The highest BCUT2D eigenvalue weighted by atomic mass is 35.5. The highest BCUT2D eigenvalue weighted by Gasteiger charge is 2.27. The lowest BCUT2D eigenvalue weighted by Crippen LogP contribution is -2.34. The van der Waals surface area contributed by atoms with Gasteiger partial charge in [0.25, 0.3) is 11.6 Å². The average Bonchev–Trinajstić information content (AvgIpc) is 2.44. The van der Waals surface area contributed by atoms with Gasteiger partial charge in [-0.3, -0.25) is 19.7 Å². The molecule has 1 atom stereocenters. The second kappa shape index (κ2) is 7.03. The summed E-state index contributed by atoms with van der Waals surface area (Å²) in [5.74, 6) is -1.64. The molecule has 0 N–H and O–H groups in total. The van der Waals surface area contributed by atoms with Gasteiger partial charge in [0.2, 0.25) is 0 Å². The minimum Gasteiger partial charge on any atom is -0.469 e. The first-order valence-corrected chi connectivity index (χ1v) is 6.43. The zero-order valence-corrected chi connectivity index (χ0v) is 12.6. The maximum Gasteiger partial charge on any atom is 0.310 e. The van der Waals surface area contributed by atoms with E-state index in [1.54, 1.807) is 6.92 Å². The Bertz CT molecular complexity index is 576. The predicted molar refractivity (Wildman–Crippen MR) is 76.2 cm³/mol. The molecule has 1 aromatic carbocycles. The van der Waals surface area contributed by atoms with Crippen molar-refractivity contribution in [1.29, 1.82) is 0 Å². The Morgan fingerprint density at radius 2 is 2.10 bits per heavy atom. The SMILES string of the molecule is COC(=O)C(C)CN(C)C(=O)c1c(Cl)cccc1[N+](=O)[O-]. The number of esters is 1. The number of benzene rings is 1. The van der Waals surface area contributed by atoms with Crippen LogP contribution >= 0.6 is 11.6 Å². The van der Waals surface area contributed by atoms with Crippen LogP contribution < -0.4 is 0 Å². The van der Waals surface area contributed by atoms with Crippen LogP contribution in [0.15, 0.2) is 18.2 Å². The molecule has 0 fully saturated rings. The lowest BCUT2D eigenvalue weighted by Gasteiger charge is -2.20. The summed E-state index contributed by atoms with van der Waals surface area (Å²) in [5.41, 5.74) is -0.561. The first kappa shape index (κ1) is 16.9. The van der Waals surface area contributed by atoms with Crippen LogP contribution in [-0.2, 0) is 9.53 Å². The lowest BCUT2D eigenvalue weighted by molar-refractivity contribution is -0.385. The highest BCUT2D eigenvalue weighted by molar-refractivity contribution is 6.34. The van der Waals surface area contributed by atoms with Gasteiger partial charge >= 0.3 is 5.97 Å². The van der Waals surface area contributed by atoms with Gasteiger partial charge in [0.05, 0.1) is 23.0 Å². The van der Waals surface area contributed by atoms with Gasteiger partial charge in [-0.1, -0.05) is 24.6 Å². The van der Waals surface area contributed by atoms with E-state index in [9.17, 15) is 19.7 Å². The third kappa shape index (κ3) is 3.91. The van der Waals surface area contributed by atoms with Crippen molar-refractivity contribution in [3.8, 4) is 0 Å². The van der Waals surface area contributed by atoms with Gasteiger partial charge in [-0.25, -0.2) is 0 Å². The van der Waals surface area contributed by atoms with Crippen LogP contribution in [0.5, 0.6) is 0 Å². The second-order valence-corrected chi connectivity index (χ2v) is 4.91. The molecule has 0 aromatic heterocycles. The third-order valence-corrected chi connectivity index (χ3v) is 3.22. The van der Waals surface area contributed by atoms with Crippen molar-refractivity contribution in [2.45, 2.75) is 6.92 Å². The van der Waals surface area contributed by atoms with Gasteiger partial charge in [0, 0.05) is 19.7 Å². The summed E-state index contributed by atoms with van der Waals surface area (Å²) in [6.45, 7) is 1.66. The Labute approximate surface area is 126 Å². The molecule has 0 saturated carbocycles. The molecule has 0 heterocycles. The van der Waals surface area contributed by atoms with Crippen molar-refractivity contribution in [3.63, 3.8) is 0 Å². The molecule has 0 spiro atoms. The van der Waals surface area contributed by atoms with E-state index in [1.165, 1.54) is 37.3 Å². The number of carbonyl (C=O) groups is 2. The van der Waals surface area contributed by atoms with Crippen molar-refractivity contribution in [1.82, 2.24) is 4.90 Å². The monoisotopic (exact) mass is 314 g/mol. The second-order valence-electron chi connectivity index (χ2n) is 4.50. The minimum atomic E-state index is -0.670. The molecule has 8 heteroatoms. The van der Waals surface area contributed by atoms with E-state index in [0.717, 1.165) is 0 Å². The number of halogens is 1. The van der Waals surface area contributed by atoms with Crippen molar-refractivity contribution in [3.05, 3.63) is 38.9 Å². The fraction of sp³-hybridized carbons (Fsp3) is 0.385. The van der Waals surface area contributed by atoms with Crippen LogP contribution in [0.1, 0.15) is 17.3 Å². The van der Waals surface area contributed by atoms with E-state index in [-0.39, 0.29) is 22.8 Å². The number of hydrogen-bond acceptors (Lipinski definition) is 5. The van der Waals surface area contributed by atoms with Crippen molar-refractivity contribution in [2.75, 3.05) is 20.7 Å². The first-order chi connectivity index (χ1) is 9.79. The smallest absolute Gasteiger partial charge is 0.310 e. The topological polar surface area (TPSA) is 89.8 Å². The Hall–Kier alpha value is -2.15. The number of hydrogen-bond donors (Lipinski definition) is 0. The molecule has 1 aromatic rings. The maximum atomic E-state index is 12.3. The van der Waals surface area contributed by atoms with Gasteiger partial charge in [0.15, 0.2) is 0 Å². The fourth-order valence-corrected chi connectivity index (χ4v) is 2.09. The molecule has 1 rings (SSSR count). The molecule has 0 bridgehead atoms. The summed E-state index contributed by atoms with van der Waals surface area (Å²) in [4.78, 5) is 35.2. The molecule has 1 unspecified atom stereocenters. The van der Waals surface area contributed by atoms with Crippen LogP contribution in [0.3, 0.4) is 0 Å². The summed E-state index contributed by atoms with van der Waals surface area (Å²) in [5, 5.41) is 11.0. The van der Waals surface area contributed by atoms with Gasteiger partial charge in [0.1, 0.15) is 5.56 Å². The number of nitro benzene ring substituents is 1. The number of nitrogens with zero attached hydrogens (tertiary/aromatic N) is 2. The number of amides is 1. The fourth-order valence-electron chi connectivity index (χ4n) is 1.84. The van der Waals surface area contributed by atoms with E-state index in [0.29, 0.717) is 0 Å². The molecule has 21 heavy (non-hydrogen) atoms. The van der Waals surface area contributed by atoms with Gasteiger partial charge in [-0.15, -0.1) is 0 Å². The van der Waals surface area contributed by atoms with Gasteiger partial charge in [-0.2, -0.15) is 0 Å². The molecular formula is C13H15ClN2O5. The molecule has 0 radical (unpaired) electrons. The Balaban J connectivity index is 3.03. The molecule has 7 nitrogen and oxygen atoms in total. The van der Waals surface area contributed by atoms with Crippen LogP contribution in [-0.4, -0.2) is 42.4 Å². The molecule has 1 amide bonds. The maximum absolute atomic E-state index is 12.3. The minimum absolute atomic E-state index is 0.00762. The van der Waals surface area contributed by atoms with Gasteiger partial charge in [-0.05, 0) is 6.07 Å². The molecule has 114 valence electrons. The van der Waals surface area contributed by atoms with Crippen LogP contribution in [0, 0.1) is 16.0 Å². The Kier molecular flexibility index (Phi) is 5.66. The zero-order chi connectivity index (χ0) is 16.2. The Morgan fingerprint density at radius 3 is 2.62 bits per heavy atom. The van der Waals surface area contributed by atoms with E-state index >= 15 is 0 Å². The summed E-state index contributed by atoms with van der Waals surface area (Å²) >= 11 is 5.90. The van der Waals surface area contributed by atoms with Crippen molar-refractivity contribution >= 4 is 29.2 Å². The molecule has 0 aliphatic rings. The van der Waals surface area contributed by atoms with Crippen LogP contribution in [0.4, 0.5) is 5.69 Å². The van der Waals surface area contributed by atoms with E-state index < -0.39 is 22.7 Å². The van der Waals surface area contributed by atoms with E-state index in [2.05, 4.69) is 4.74 Å². The van der Waals surface area contributed by atoms with Gasteiger partial charge < -0.3 is 9.64 Å². The lowest BCUT2D eigenvalue weighted by atomic mass is 10.1. The average molecular weight is 315 g/mol. The van der Waals surface area contributed by atoms with Crippen molar-refractivity contribution < 1.29 is 19.2 Å². The van der Waals surface area contributed by atoms with E-state index in [1.807, 2.05) is 0 Å². The van der Waals surface area contributed by atoms with Crippen LogP contribution in [0.2, 0.25) is 5.02 Å². The standard InChI is InChI=1S/C13H15ClN2O5/c1-8(13(18)21-3)7-15(2)12(17)11-9(14)5-4-6-10(11)16(19)20/h4-6,8H,7H2,1-3H3. The number of ether oxygens (including phenoxy) is 1. The molecular weight excluding hydrogens is 300 g/mol. The highest BCUT2D eigenvalue weighted by Crippen LogP contribution is 2.27. The summed E-state index contributed by atoms with van der Waals surface area (Å²) in [7, 11) is 2.69. The predicted octanol–water partition coefficient (Wildman–Crippen LogP) is 2.13. The molecule has 0 aliphatic carbocycles. The number of carbonyl (C=O) groups excluding carboxylic acids is 2. The number of rotatable bonds is 5. The Morgan fingerprint density at radius 1 is 1.48 bits per heavy atom. The summed E-state index contributed by atoms with van der Waals surface area (Å²) < 4.78 is 4.57. The number of methoxy groups -OCH3 is 1. The third-order valence-electron chi connectivity index (χ3n) is 2.90. The normalized spacial score (nSPS) is 11.6. The van der Waals surface area contributed by atoms with Crippen molar-refractivity contribution in [2.24, 2.45) is 5.92 Å². The zero-order valence-electron chi connectivity index (χ0n) is 11.8. The number of nitro groups is 1. The molecule has 0 saturated heterocycles. The molecule has 0 aliphatic heterocycles. The summed E-state index contributed by atoms with van der Waals surface area (Å²) in [6.07, 6.45) is 0.